The quantitative estimate of drug-likeness (QED) is 0.436. The van der Waals surface area contributed by atoms with E-state index in [-0.39, 0.29) is 24.7 Å². The van der Waals surface area contributed by atoms with Gasteiger partial charge in [0.05, 0.1) is 17.9 Å². The number of rotatable bonds is 3. The smallest absolute Gasteiger partial charge is 0.293 e. The molecular formula is C19H16Cl2N2O4S. The highest BCUT2D eigenvalue weighted by atomic mass is 35.5. The third-order valence-electron chi connectivity index (χ3n) is 5.11. The van der Waals surface area contributed by atoms with Crippen LogP contribution in [-0.4, -0.2) is 38.6 Å². The summed E-state index contributed by atoms with van der Waals surface area (Å²) in [5.41, 5.74) is 2.66. The van der Waals surface area contributed by atoms with Crippen LogP contribution in [0.2, 0.25) is 0 Å². The molecule has 4 rings (SSSR count). The fraction of sp³-hybridized carbons (Fsp3) is 0.368. The second-order valence-corrected chi connectivity index (χ2v) is 9.67. The lowest BCUT2D eigenvalue weighted by Crippen LogP contribution is -2.34. The minimum atomic E-state index is -0.792. The first-order valence-corrected chi connectivity index (χ1v) is 10.4. The van der Waals surface area contributed by atoms with Crippen LogP contribution in [0.5, 0.6) is 0 Å². The van der Waals surface area contributed by atoms with E-state index < -0.39 is 15.5 Å². The van der Waals surface area contributed by atoms with E-state index in [1.54, 1.807) is 18.2 Å². The van der Waals surface area contributed by atoms with Gasteiger partial charge in [-0.05, 0) is 61.2 Å². The van der Waals surface area contributed by atoms with Crippen LogP contribution in [0, 0.1) is 0 Å². The number of carbonyl (C=O) groups excluding carboxylic acids is 4. The van der Waals surface area contributed by atoms with Crippen molar-refractivity contribution in [2.24, 2.45) is 0 Å². The monoisotopic (exact) mass is 438 g/mol. The number of imide groups is 1. The van der Waals surface area contributed by atoms with Crippen molar-refractivity contribution in [2.45, 2.75) is 36.4 Å². The van der Waals surface area contributed by atoms with E-state index in [4.69, 9.17) is 23.2 Å². The van der Waals surface area contributed by atoms with E-state index in [0.717, 1.165) is 27.8 Å². The van der Waals surface area contributed by atoms with Crippen molar-refractivity contribution in [2.75, 3.05) is 11.9 Å². The van der Waals surface area contributed by atoms with E-state index in [9.17, 15) is 19.2 Å². The number of alkyl halides is 2. The number of thioether (sulfide) groups is 1. The van der Waals surface area contributed by atoms with Crippen molar-refractivity contribution in [3.63, 3.8) is 0 Å². The zero-order valence-electron chi connectivity index (χ0n) is 14.7. The number of allylic oxidation sites excluding steroid dienone is 1. The Hall–Kier alpha value is -1.83. The highest BCUT2D eigenvalue weighted by molar-refractivity contribution is 8.18. The lowest BCUT2D eigenvalue weighted by Gasteiger charge is -2.26. The third kappa shape index (κ3) is 3.71. The van der Waals surface area contributed by atoms with Gasteiger partial charge in [-0.25, -0.2) is 0 Å². The summed E-state index contributed by atoms with van der Waals surface area (Å²) < 4.78 is -0.792. The number of nitrogens with one attached hydrogen (secondary N) is 1. The summed E-state index contributed by atoms with van der Waals surface area (Å²) in [5.74, 6) is -0.907. The average Bonchev–Trinajstić information content (AvgIpc) is 3.14. The minimum Gasteiger partial charge on any atom is -0.326 e. The molecule has 1 saturated carbocycles. The molecule has 3 aliphatic rings. The maximum atomic E-state index is 12.7. The highest BCUT2D eigenvalue weighted by Gasteiger charge is 2.40. The van der Waals surface area contributed by atoms with Gasteiger partial charge in [0.1, 0.15) is 4.33 Å². The molecule has 1 aromatic rings. The van der Waals surface area contributed by atoms with Gasteiger partial charge in [0.2, 0.25) is 5.91 Å². The molecule has 3 amide bonds. The molecule has 1 aromatic carbocycles. The van der Waals surface area contributed by atoms with E-state index >= 15 is 0 Å². The van der Waals surface area contributed by atoms with Crippen LogP contribution in [0.15, 0.2) is 28.7 Å². The number of Topliss-reactive ketones (excluding diaryl/α,β-unsaturated/α-hetero) is 1. The molecule has 2 fully saturated rings. The van der Waals surface area contributed by atoms with E-state index in [1.807, 2.05) is 0 Å². The molecule has 0 atom stereocenters. The Balaban J connectivity index is 1.49. The van der Waals surface area contributed by atoms with Gasteiger partial charge in [-0.15, -0.1) is 23.2 Å². The molecule has 0 spiro atoms. The average molecular weight is 439 g/mol. The minimum absolute atomic E-state index is 0.123. The maximum Gasteiger partial charge on any atom is 0.293 e. The Kier molecular flexibility index (Phi) is 5.02. The summed E-state index contributed by atoms with van der Waals surface area (Å²) >= 11 is 13.1. The number of hydrogen-bond donors (Lipinski definition) is 1. The molecule has 0 unspecified atom stereocenters. The number of hydrogen-bond acceptors (Lipinski definition) is 5. The van der Waals surface area contributed by atoms with Gasteiger partial charge in [-0.1, -0.05) is 5.57 Å². The number of ketones is 1. The van der Waals surface area contributed by atoms with Crippen molar-refractivity contribution in [3.8, 4) is 0 Å². The zero-order valence-corrected chi connectivity index (χ0v) is 17.0. The summed E-state index contributed by atoms with van der Waals surface area (Å²) in [6.45, 7) is -0.323. The van der Waals surface area contributed by atoms with Crippen LogP contribution in [-0.2, 0) is 16.0 Å². The zero-order chi connectivity index (χ0) is 20.1. The van der Waals surface area contributed by atoms with Gasteiger partial charge >= 0.3 is 0 Å². The number of carbonyl (C=O) groups is 4. The summed E-state index contributed by atoms with van der Waals surface area (Å²) in [7, 11) is 0. The van der Waals surface area contributed by atoms with Crippen LogP contribution < -0.4 is 5.32 Å². The fourth-order valence-corrected chi connectivity index (χ4v) is 4.89. The van der Waals surface area contributed by atoms with Crippen LogP contribution in [0.3, 0.4) is 0 Å². The molecule has 146 valence electrons. The number of anilines is 1. The molecule has 28 heavy (non-hydrogen) atoms. The Morgan fingerprint density at radius 2 is 1.89 bits per heavy atom. The predicted octanol–water partition coefficient (Wildman–Crippen LogP) is 4.06. The number of benzene rings is 1. The van der Waals surface area contributed by atoms with Gasteiger partial charge in [0.15, 0.2) is 5.78 Å². The fourth-order valence-electron chi connectivity index (χ4n) is 3.53. The second-order valence-electron chi connectivity index (χ2n) is 7.07. The number of halogens is 2. The number of amides is 3. The Morgan fingerprint density at radius 3 is 2.61 bits per heavy atom. The summed E-state index contributed by atoms with van der Waals surface area (Å²) in [4.78, 5) is 50.5. The van der Waals surface area contributed by atoms with Crippen molar-refractivity contribution < 1.29 is 19.2 Å². The molecule has 2 heterocycles. The highest BCUT2D eigenvalue weighted by Crippen LogP contribution is 2.44. The molecule has 0 bridgehead atoms. The Morgan fingerprint density at radius 1 is 1.18 bits per heavy atom. The Labute approximate surface area is 175 Å². The summed E-state index contributed by atoms with van der Waals surface area (Å²) in [6.07, 6.45) is 2.38. The molecule has 9 heteroatoms. The lowest BCUT2D eigenvalue weighted by molar-refractivity contribution is -0.122. The molecule has 6 nitrogen and oxygen atoms in total. The van der Waals surface area contributed by atoms with Gasteiger partial charge in [-0.2, -0.15) is 0 Å². The SMILES string of the molecule is O=C1Cc2cc(C(=O)CN3C(=O)SC(=C4CCC(Cl)(Cl)CC4)C3=O)ccc2N1. The van der Waals surface area contributed by atoms with E-state index in [1.165, 1.54) is 0 Å². The van der Waals surface area contributed by atoms with Gasteiger partial charge in [-0.3, -0.25) is 24.1 Å². The topological polar surface area (TPSA) is 83.6 Å². The Bertz CT molecular complexity index is 945. The lowest BCUT2D eigenvalue weighted by atomic mass is 9.93. The van der Waals surface area contributed by atoms with Crippen LogP contribution in [0.1, 0.15) is 41.6 Å². The first-order chi connectivity index (χ1) is 13.2. The van der Waals surface area contributed by atoms with Crippen LogP contribution in [0.25, 0.3) is 0 Å². The van der Waals surface area contributed by atoms with E-state index in [2.05, 4.69) is 5.32 Å². The third-order valence-corrected chi connectivity index (χ3v) is 6.93. The molecule has 1 N–H and O–H groups in total. The number of nitrogens with zero attached hydrogens (tertiary/aromatic N) is 1. The van der Waals surface area contributed by atoms with Crippen LogP contribution in [0.4, 0.5) is 10.5 Å². The van der Waals surface area contributed by atoms with Gasteiger partial charge < -0.3 is 5.32 Å². The van der Waals surface area contributed by atoms with Crippen molar-refractivity contribution in [1.82, 2.24) is 4.90 Å². The summed E-state index contributed by atoms with van der Waals surface area (Å²) in [5, 5.41) is 2.25. The largest absolute Gasteiger partial charge is 0.326 e. The summed E-state index contributed by atoms with van der Waals surface area (Å²) in [6, 6.07) is 4.89. The van der Waals surface area contributed by atoms with Gasteiger partial charge in [0, 0.05) is 11.3 Å². The second kappa shape index (κ2) is 7.21. The first-order valence-electron chi connectivity index (χ1n) is 8.83. The maximum absolute atomic E-state index is 12.7. The molecule has 0 radical (unpaired) electrons. The molecule has 1 aliphatic carbocycles. The van der Waals surface area contributed by atoms with Crippen molar-refractivity contribution in [3.05, 3.63) is 39.8 Å². The normalized spacial score (nSPS) is 21.2. The molecule has 1 saturated heterocycles. The standard InChI is InChI=1S/C19H16Cl2N2O4S/c20-19(21)5-3-10(4-6-19)16-17(26)23(18(27)28-16)9-14(24)11-1-2-13-12(7-11)8-15(25)22-13/h1-2,7H,3-6,8-9H2,(H,22,25). The molecule has 0 aromatic heterocycles. The molecular weight excluding hydrogens is 423 g/mol. The predicted molar refractivity (Wildman–Crippen MR) is 108 cm³/mol. The van der Waals surface area contributed by atoms with Gasteiger partial charge in [0.25, 0.3) is 11.1 Å². The van der Waals surface area contributed by atoms with Crippen molar-refractivity contribution >= 4 is 63.5 Å². The van der Waals surface area contributed by atoms with Crippen LogP contribution >= 0.6 is 35.0 Å². The number of fused-ring (bicyclic) bond motifs is 1. The van der Waals surface area contributed by atoms with Crippen molar-refractivity contribution in [1.29, 1.82) is 0 Å². The molecule has 2 aliphatic heterocycles. The van der Waals surface area contributed by atoms with E-state index in [0.29, 0.717) is 41.8 Å². The first kappa shape index (κ1) is 19.5.